The molecule has 126 valence electrons. The molecule has 17 heavy (non-hydrogen) atoms. The van der Waals surface area contributed by atoms with Gasteiger partial charge < -0.3 is 65.7 Å². The smallest absolute Gasteiger partial charge is 0.316 e. The van der Waals surface area contributed by atoms with Crippen LogP contribution in [0, 0.1) is 0 Å². The monoisotopic (exact) mass is 386 g/mol. The Morgan fingerprint density at radius 2 is 0.294 bits per heavy atom. The first-order chi connectivity index (χ1) is 0. The fourth-order valence-electron chi connectivity index (χ4n) is 0. The van der Waals surface area contributed by atoms with Crippen LogP contribution in [0.5, 0.6) is 0 Å². The van der Waals surface area contributed by atoms with Crippen molar-refractivity contribution < 1.29 is 65.7 Å². The fourth-order valence-corrected chi connectivity index (χ4v) is 0. The minimum absolute atomic E-state index is 0. The van der Waals surface area contributed by atoms with Gasteiger partial charge in [-0.3, -0.25) is 0 Å². The van der Waals surface area contributed by atoms with Crippen LogP contribution in [0.25, 0.3) is 0 Å². The molecule has 0 saturated heterocycles. The summed E-state index contributed by atoms with van der Waals surface area (Å²) >= 11 is 0. The molecule has 0 aromatic heterocycles. The molecule has 0 bridgehead atoms. The van der Waals surface area contributed by atoms with E-state index in [-0.39, 0.29) is 169 Å². The van der Waals surface area contributed by atoms with Crippen molar-refractivity contribution in [1.29, 1.82) is 0 Å². The Bertz CT molecular complexity index is 24.5. The topological polar surface area (TPSA) is 378 Å². The number of hydrogen-bond acceptors (Lipinski definition) is 0. The first-order valence-electron chi connectivity index (χ1n) is 0. The molecule has 0 radical (unpaired) electrons. The van der Waals surface area contributed by atoms with Gasteiger partial charge in [0.25, 0.3) is 0 Å². The molecule has 0 saturated carbocycles. The Kier molecular flexibility index (Phi) is 46900. The van der Waals surface area contributed by atoms with E-state index < -0.39 is 0 Å². The minimum atomic E-state index is 0. The first-order valence-corrected chi connectivity index (χ1v) is 0. The Morgan fingerprint density at radius 3 is 0.294 bits per heavy atom. The van der Waals surface area contributed by atoms with Crippen molar-refractivity contribution in [1.82, 2.24) is 0 Å². The van der Waals surface area contributed by atoms with E-state index in [0.717, 1.165) is 0 Å². The van der Waals surface area contributed by atoms with E-state index in [1.54, 1.807) is 0 Å². The quantitative estimate of drug-likeness (QED) is 0.349. The summed E-state index contributed by atoms with van der Waals surface area (Å²) in [6, 6.07) is 0. The SMILES string of the molecule is Cl.Cl.O.O.O.O.O.O.O.O.O.O.O.O.[AlH3].[CaH2].[MgH2]. The first kappa shape index (κ1) is 968. The third-order valence-electron chi connectivity index (χ3n) is 0. The molecular weight excluding hydrogens is 354 g/mol. The van der Waals surface area contributed by atoms with Crippen LogP contribution in [0.3, 0.4) is 0 Å². The molecule has 17 heteroatoms. The zero-order valence-electron chi connectivity index (χ0n) is 6.82. The molecule has 0 aliphatic heterocycles. The van der Waals surface area contributed by atoms with Gasteiger partial charge in [0.05, 0.1) is 0 Å². The van der Waals surface area contributed by atoms with Gasteiger partial charge in [0, 0.05) is 0 Å². The second-order valence-corrected chi connectivity index (χ2v) is 0. The van der Waals surface area contributed by atoms with Crippen LogP contribution in [0.1, 0.15) is 0 Å². The molecule has 24 N–H and O–H groups in total. The molecule has 0 amide bonds. The van der Waals surface area contributed by atoms with Gasteiger partial charge in [0.15, 0.2) is 17.4 Å². The predicted molar refractivity (Wildman–Crippen MR) is 84.9 cm³/mol. The molecule has 0 aromatic carbocycles. The molecule has 12 nitrogen and oxygen atoms in total. The number of rotatable bonds is 0. The van der Waals surface area contributed by atoms with Crippen molar-refractivity contribution in [2.24, 2.45) is 0 Å². The predicted octanol–water partition coefficient (Wildman–Crippen LogP) is -12.1. The zero-order valence-corrected chi connectivity index (χ0v) is 8.45. The Balaban J connectivity index is 0. The van der Waals surface area contributed by atoms with Gasteiger partial charge in [0.2, 0.25) is 0 Å². The Labute approximate surface area is 167 Å². The molecule has 0 fully saturated rings. The second-order valence-electron chi connectivity index (χ2n) is 0. The number of halogens is 2. The van der Waals surface area contributed by atoms with Crippen LogP contribution in [0.15, 0.2) is 0 Å². The fraction of sp³-hybridized carbons (Fsp3) is 0. The molecule has 0 atom stereocenters. The summed E-state index contributed by atoms with van der Waals surface area (Å²) in [5.41, 5.74) is 0. The van der Waals surface area contributed by atoms with E-state index in [9.17, 15) is 0 Å². The molecule has 0 heterocycles. The van der Waals surface area contributed by atoms with E-state index >= 15 is 0 Å². The maximum absolute atomic E-state index is 0. The molecular formula is H33AlCaCl2MgO12. The van der Waals surface area contributed by atoms with Gasteiger partial charge in [-0.15, -0.1) is 24.8 Å². The summed E-state index contributed by atoms with van der Waals surface area (Å²) in [6.45, 7) is 0. The third kappa shape index (κ3) is 733. The van der Waals surface area contributed by atoms with Crippen LogP contribution in [0.2, 0.25) is 0 Å². The van der Waals surface area contributed by atoms with Crippen molar-refractivity contribution >= 4 is 103 Å². The molecule has 0 aromatic rings. The van der Waals surface area contributed by atoms with E-state index in [2.05, 4.69) is 0 Å². The summed E-state index contributed by atoms with van der Waals surface area (Å²) in [5.74, 6) is 0. The van der Waals surface area contributed by atoms with E-state index in [1.165, 1.54) is 0 Å². The second kappa shape index (κ2) is 823. The summed E-state index contributed by atoms with van der Waals surface area (Å²) in [7, 11) is 0. The molecule has 0 rings (SSSR count). The maximum atomic E-state index is 0. The van der Waals surface area contributed by atoms with Crippen molar-refractivity contribution in [3.63, 3.8) is 0 Å². The minimum Gasteiger partial charge on any atom is 0.316 e. The standard InChI is InChI=1S/Al.Ca.2ClH.Mg.12H2O.7H/h;;2*1H;;12*1H2;;;;;;;. The van der Waals surface area contributed by atoms with Crippen LogP contribution < -0.4 is 0 Å². The van der Waals surface area contributed by atoms with Gasteiger partial charge in [-0.25, -0.2) is 0 Å². The zero-order chi connectivity index (χ0) is 0. The molecule has 0 spiro atoms. The summed E-state index contributed by atoms with van der Waals surface area (Å²) < 4.78 is 0. The van der Waals surface area contributed by atoms with Gasteiger partial charge in [-0.1, -0.05) is 0 Å². The molecule has 0 aliphatic rings. The van der Waals surface area contributed by atoms with E-state index in [4.69, 9.17) is 0 Å². The molecule has 0 aliphatic carbocycles. The summed E-state index contributed by atoms with van der Waals surface area (Å²) in [6.07, 6.45) is 0. The van der Waals surface area contributed by atoms with Gasteiger partial charge in [-0.05, 0) is 0 Å². The Morgan fingerprint density at radius 1 is 0.294 bits per heavy atom. The van der Waals surface area contributed by atoms with Gasteiger partial charge in [0.1, 0.15) is 0 Å². The third-order valence-corrected chi connectivity index (χ3v) is 0. The summed E-state index contributed by atoms with van der Waals surface area (Å²) in [4.78, 5) is 0. The van der Waals surface area contributed by atoms with Crippen molar-refractivity contribution in [2.45, 2.75) is 0 Å². The normalized spacial score (nSPS) is 0. The van der Waals surface area contributed by atoms with Crippen molar-refractivity contribution in [2.75, 3.05) is 0 Å². The summed E-state index contributed by atoms with van der Waals surface area (Å²) in [5, 5.41) is 0. The van der Waals surface area contributed by atoms with E-state index in [1.807, 2.05) is 0 Å². The average molecular weight is 388 g/mol. The molecule has 0 unspecified atom stereocenters. The van der Waals surface area contributed by atoms with Crippen molar-refractivity contribution in [3.05, 3.63) is 0 Å². The Hall–Kier alpha value is 2.66. The van der Waals surface area contributed by atoms with Gasteiger partial charge >= 0.3 is 60.8 Å². The number of hydrogen-bond donors (Lipinski definition) is 0. The van der Waals surface area contributed by atoms with Crippen LogP contribution in [0.4, 0.5) is 0 Å². The largest absolute Gasteiger partial charge is 0.316 e. The maximum Gasteiger partial charge on any atom is 0.316 e. The van der Waals surface area contributed by atoms with Gasteiger partial charge in [-0.2, -0.15) is 0 Å². The van der Waals surface area contributed by atoms with Crippen molar-refractivity contribution in [3.8, 4) is 0 Å². The average Bonchev–Trinajstić information content (AvgIpc) is 0. The van der Waals surface area contributed by atoms with Crippen LogP contribution >= 0.6 is 24.8 Å². The van der Waals surface area contributed by atoms with Crippen LogP contribution in [-0.2, 0) is 0 Å². The van der Waals surface area contributed by atoms with E-state index in [0.29, 0.717) is 0 Å². The van der Waals surface area contributed by atoms with Crippen LogP contribution in [-0.4, -0.2) is 144 Å².